The number of aliphatic imine (C=N–C) groups is 1. The maximum absolute atomic E-state index is 12.9. The Hall–Kier alpha value is -2.31. The normalized spacial score (nSPS) is 17.2. The van der Waals surface area contributed by atoms with E-state index in [0.29, 0.717) is 33.1 Å². The van der Waals surface area contributed by atoms with E-state index in [1.165, 1.54) is 23.9 Å². The minimum atomic E-state index is -0.333. The second-order valence-corrected chi connectivity index (χ2v) is 6.52. The summed E-state index contributed by atoms with van der Waals surface area (Å²) in [4.78, 5) is 16.9. The highest BCUT2D eigenvalue weighted by molar-refractivity contribution is 8.18. The fraction of sp³-hybridized carbons (Fsp3) is 0.111. The summed E-state index contributed by atoms with van der Waals surface area (Å²) in [6, 6.07) is 11.1. The minimum absolute atomic E-state index is 0.240. The number of halogens is 2. The lowest BCUT2D eigenvalue weighted by Crippen LogP contribution is -2.19. The van der Waals surface area contributed by atoms with E-state index in [0.717, 1.165) is 5.56 Å². The van der Waals surface area contributed by atoms with Crippen LogP contribution in [0.3, 0.4) is 0 Å². The lowest BCUT2D eigenvalue weighted by Gasteiger charge is -2.05. The topological polar surface area (TPSA) is 50.7 Å². The lowest BCUT2D eigenvalue weighted by molar-refractivity contribution is -0.115. The molecule has 128 valence electrons. The Morgan fingerprint density at radius 2 is 2.04 bits per heavy atom. The second-order valence-electron chi connectivity index (χ2n) is 5.08. The molecule has 1 N–H and O–H groups in total. The summed E-state index contributed by atoms with van der Waals surface area (Å²) < 4.78 is 18.3. The summed E-state index contributed by atoms with van der Waals surface area (Å²) in [6.45, 7) is 2.41. The smallest absolute Gasteiger partial charge is 0.264 e. The quantitative estimate of drug-likeness (QED) is 0.782. The van der Waals surface area contributed by atoms with Crippen LogP contribution < -0.4 is 10.1 Å². The van der Waals surface area contributed by atoms with Crippen LogP contribution in [-0.4, -0.2) is 17.7 Å². The molecule has 1 fully saturated rings. The van der Waals surface area contributed by atoms with Gasteiger partial charge in [0.25, 0.3) is 5.91 Å². The number of thioether (sulfide) groups is 1. The van der Waals surface area contributed by atoms with Crippen LogP contribution in [0.5, 0.6) is 5.75 Å². The second kappa shape index (κ2) is 7.72. The highest BCUT2D eigenvalue weighted by atomic mass is 35.5. The Labute approximate surface area is 153 Å². The first-order valence-corrected chi connectivity index (χ1v) is 8.72. The van der Waals surface area contributed by atoms with Gasteiger partial charge in [0.1, 0.15) is 11.6 Å². The van der Waals surface area contributed by atoms with Crippen LogP contribution in [0.4, 0.5) is 10.1 Å². The van der Waals surface area contributed by atoms with Gasteiger partial charge in [-0.3, -0.25) is 4.79 Å². The molecule has 1 saturated heterocycles. The third kappa shape index (κ3) is 4.41. The molecular formula is C18H14ClFN2O2S. The molecule has 3 rings (SSSR count). The summed E-state index contributed by atoms with van der Waals surface area (Å²) in [7, 11) is 0. The molecule has 1 amide bonds. The Morgan fingerprint density at radius 1 is 1.28 bits per heavy atom. The van der Waals surface area contributed by atoms with Crippen LogP contribution in [0, 0.1) is 5.82 Å². The van der Waals surface area contributed by atoms with Crippen LogP contribution in [0.2, 0.25) is 5.02 Å². The first-order chi connectivity index (χ1) is 12.0. The zero-order valence-electron chi connectivity index (χ0n) is 13.3. The Balaban J connectivity index is 1.79. The van der Waals surface area contributed by atoms with Crippen molar-refractivity contribution in [1.29, 1.82) is 0 Å². The predicted octanol–water partition coefficient (Wildman–Crippen LogP) is 4.77. The van der Waals surface area contributed by atoms with Crippen molar-refractivity contribution in [2.45, 2.75) is 6.92 Å². The predicted molar refractivity (Wildman–Crippen MR) is 99.8 cm³/mol. The van der Waals surface area contributed by atoms with Gasteiger partial charge in [-0.15, -0.1) is 0 Å². The standard InChI is InChI=1S/C18H14ClFN2O2S/c1-2-24-15-8-3-11(9-14(15)19)10-16-17(23)22-18(25-16)21-13-6-4-12(20)5-7-13/h3-10H,2H2,1H3,(H,21,22,23)/b16-10-. The number of nitrogens with zero attached hydrogens (tertiary/aromatic N) is 1. The summed E-state index contributed by atoms with van der Waals surface area (Å²) in [5.74, 6) is 0.0318. The van der Waals surface area contributed by atoms with Gasteiger partial charge in [0.2, 0.25) is 0 Å². The summed E-state index contributed by atoms with van der Waals surface area (Å²) in [5, 5.41) is 3.62. The number of amides is 1. The number of hydrogen-bond donors (Lipinski definition) is 1. The summed E-state index contributed by atoms with van der Waals surface area (Å²) >= 11 is 7.38. The third-order valence-electron chi connectivity index (χ3n) is 3.26. The van der Waals surface area contributed by atoms with Crippen molar-refractivity contribution in [2.75, 3.05) is 6.61 Å². The minimum Gasteiger partial charge on any atom is -0.492 e. The molecule has 1 aliphatic rings. The number of carbonyl (C=O) groups excluding carboxylic acids is 1. The van der Waals surface area contributed by atoms with Crippen LogP contribution in [0.25, 0.3) is 6.08 Å². The van der Waals surface area contributed by atoms with Crippen molar-refractivity contribution in [3.63, 3.8) is 0 Å². The molecule has 1 aliphatic heterocycles. The molecule has 0 aliphatic carbocycles. The molecule has 4 nitrogen and oxygen atoms in total. The first-order valence-electron chi connectivity index (χ1n) is 7.52. The van der Waals surface area contributed by atoms with Crippen molar-refractivity contribution in [3.05, 3.63) is 63.8 Å². The van der Waals surface area contributed by atoms with E-state index in [1.807, 2.05) is 13.0 Å². The molecule has 0 unspecified atom stereocenters. The molecule has 0 atom stereocenters. The Kier molecular flexibility index (Phi) is 5.40. The average Bonchev–Trinajstić information content (AvgIpc) is 2.92. The van der Waals surface area contributed by atoms with Gasteiger partial charge in [0.15, 0.2) is 5.17 Å². The average molecular weight is 377 g/mol. The number of benzene rings is 2. The van der Waals surface area contributed by atoms with E-state index >= 15 is 0 Å². The molecule has 25 heavy (non-hydrogen) atoms. The Bertz CT molecular complexity index is 866. The SMILES string of the molecule is CCOc1ccc(/C=C2\SC(=Nc3ccc(F)cc3)NC2=O)cc1Cl. The maximum Gasteiger partial charge on any atom is 0.264 e. The number of rotatable bonds is 4. The highest BCUT2D eigenvalue weighted by Gasteiger charge is 2.23. The molecule has 0 radical (unpaired) electrons. The maximum atomic E-state index is 12.9. The number of nitrogens with one attached hydrogen (secondary N) is 1. The van der Waals surface area contributed by atoms with Crippen LogP contribution in [0.1, 0.15) is 12.5 Å². The molecule has 7 heteroatoms. The fourth-order valence-electron chi connectivity index (χ4n) is 2.14. The van der Waals surface area contributed by atoms with E-state index in [4.69, 9.17) is 16.3 Å². The van der Waals surface area contributed by atoms with Crippen molar-refractivity contribution >= 4 is 46.2 Å². The monoisotopic (exact) mass is 376 g/mol. The van der Waals surface area contributed by atoms with E-state index in [2.05, 4.69) is 10.3 Å². The fourth-order valence-corrected chi connectivity index (χ4v) is 3.23. The van der Waals surface area contributed by atoms with E-state index in [9.17, 15) is 9.18 Å². The number of ether oxygens (including phenoxy) is 1. The van der Waals surface area contributed by atoms with E-state index in [1.54, 1.807) is 30.3 Å². The van der Waals surface area contributed by atoms with Crippen molar-refractivity contribution in [1.82, 2.24) is 5.32 Å². The van der Waals surface area contributed by atoms with E-state index < -0.39 is 0 Å². The molecule has 0 bridgehead atoms. The first kappa shape index (κ1) is 17.5. The molecule has 0 spiro atoms. The van der Waals surface area contributed by atoms with Crippen molar-refractivity contribution in [3.8, 4) is 5.75 Å². The summed E-state index contributed by atoms with van der Waals surface area (Å²) in [6.07, 6.45) is 1.73. The molecule has 1 heterocycles. The van der Waals surface area contributed by atoms with Crippen LogP contribution in [0.15, 0.2) is 52.4 Å². The molecule has 2 aromatic rings. The molecule has 0 saturated carbocycles. The molecule has 2 aromatic carbocycles. The molecule has 0 aromatic heterocycles. The zero-order chi connectivity index (χ0) is 17.8. The van der Waals surface area contributed by atoms with Crippen molar-refractivity contribution < 1.29 is 13.9 Å². The van der Waals surface area contributed by atoms with Gasteiger partial charge in [-0.05, 0) is 66.7 Å². The van der Waals surface area contributed by atoms with E-state index in [-0.39, 0.29) is 11.7 Å². The number of amidine groups is 1. The van der Waals surface area contributed by atoms with Crippen LogP contribution in [-0.2, 0) is 4.79 Å². The largest absolute Gasteiger partial charge is 0.492 e. The molecular weight excluding hydrogens is 363 g/mol. The van der Waals surface area contributed by atoms with Gasteiger partial charge in [0, 0.05) is 0 Å². The van der Waals surface area contributed by atoms with Gasteiger partial charge >= 0.3 is 0 Å². The highest BCUT2D eigenvalue weighted by Crippen LogP contribution is 2.31. The summed E-state index contributed by atoms with van der Waals surface area (Å²) in [5.41, 5.74) is 1.35. The van der Waals surface area contributed by atoms with Gasteiger partial charge in [0.05, 0.1) is 22.2 Å². The van der Waals surface area contributed by atoms with Crippen molar-refractivity contribution in [2.24, 2.45) is 4.99 Å². The van der Waals surface area contributed by atoms with Gasteiger partial charge < -0.3 is 10.1 Å². The third-order valence-corrected chi connectivity index (χ3v) is 4.47. The Morgan fingerprint density at radius 3 is 2.72 bits per heavy atom. The van der Waals surface area contributed by atoms with Gasteiger partial charge in [-0.2, -0.15) is 0 Å². The lowest BCUT2D eigenvalue weighted by atomic mass is 10.2. The number of carbonyl (C=O) groups is 1. The zero-order valence-corrected chi connectivity index (χ0v) is 14.8. The van der Waals surface area contributed by atoms with Crippen LogP contribution >= 0.6 is 23.4 Å². The number of hydrogen-bond acceptors (Lipinski definition) is 4. The van der Waals surface area contributed by atoms with Gasteiger partial charge in [-0.25, -0.2) is 9.38 Å². The van der Waals surface area contributed by atoms with Gasteiger partial charge in [-0.1, -0.05) is 17.7 Å².